The predicted octanol–water partition coefficient (Wildman–Crippen LogP) is 4.56. The molecule has 1 aliphatic heterocycles. The summed E-state index contributed by atoms with van der Waals surface area (Å²) in [7, 11) is 0. The first-order valence-corrected chi connectivity index (χ1v) is 7.25. The lowest BCUT2D eigenvalue weighted by molar-refractivity contribution is 0.213. The molecule has 0 spiro atoms. The molecule has 0 radical (unpaired) electrons. The van der Waals surface area contributed by atoms with Gasteiger partial charge in [-0.1, -0.05) is 29.8 Å². The van der Waals surface area contributed by atoms with E-state index in [1.165, 1.54) is 22.2 Å². The molecule has 2 heterocycles. The van der Waals surface area contributed by atoms with E-state index in [9.17, 15) is 0 Å². The Morgan fingerprint density at radius 1 is 1.37 bits per heavy atom. The van der Waals surface area contributed by atoms with E-state index in [1.807, 2.05) is 0 Å². The van der Waals surface area contributed by atoms with E-state index in [4.69, 9.17) is 5.73 Å². The number of benzene rings is 1. The van der Waals surface area contributed by atoms with E-state index in [1.54, 1.807) is 0 Å². The third kappa shape index (κ3) is 2.12. The van der Waals surface area contributed by atoms with Crippen LogP contribution < -0.4 is 5.73 Å². The van der Waals surface area contributed by atoms with Crippen molar-refractivity contribution in [3.05, 3.63) is 33.9 Å². The number of halogens is 2. The zero-order valence-electron chi connectivity index (χ0n) is 11.5. The number of hydrogen-bond donors (Lipinski definition) is 1. The van der Waals surface area contributed by atoms with Crippen molar-refractivity contribution >= 4 is 39.2 Å². The third-order valence-electron chi connectivity index (χ3n) is 4.44. The molecule has 0 saturated heterocycles. The number of hydrogen-bond acceptors (Lipinski definition) is 1. The molecule has 0 amide bonds. The van der Waals surface area contributed by atoms with Crippen LogP contribution in [-0.2, 0) is 6.54 Å². The average molecular weight is 344 g/mol. The zero-order chi connectivity index (χ0) is 13.1. The second kappa shape index (κ2) is 4.80. The second-order valence-corrected chi connectivity index (χ2v) is 6.96. The van der Waals surface area contributed by atoms with Crippen LogP contribution in [0.25, 0.3) is 10.9 Å². The molecule has 1 unspecified atom stereocenters. The fourth-order valence-corrected chi connectivity index (χ4v) is 3.44. The van der Waals surface area contributed by atoms with Gasteiger partial charge in [-0.2, -0.15) is 0 Å². The lowest BCUT2D eigenvalue weighted by atomic mass is 9.77. The standard InChI is InChI=1S/C15H19BrN2.ClH/c1-9-11-8-10(16)4-5-12(11)18-7-6-15(2,3)14(17)13(9)18;/h4-5,8,14H,6-7,17H2,1-3H3;1H. The summed E-state index contributed by atoms with van der Waals surface area (Å²) in [6, 6.07) is 6.63. The summed E-state index contributed by atoms with van der Waals surface area (Å²) in [5.41, 5.74) is 10.7. The Morgan fingerprint density at radius 2 is 2.05 bits per heavy atom. The molecule has 0 fully saturated rings. The Labute approximate surface area is 128 Å². The number of aryl methyl sites for hydroxylation is 2. The fraction of sp³-hybridized carbons (Fsp3) is 0.467. The van der Waals surface area contributed by atoms with E-state index in [0.717, 1.165) is 17.4 Å². The predicted molar refractivity (Wildman–Crippen MR) is 86.9 cm³/mol. The van der Waals surface area contributed by atoms with E-state index < -0.39 is 0 Å². The summed E-state index contributed by atoms with van der Waals surface area (Å²) in [4.78, 5) is 0. The average Bonchev–Trinajstić information content (AvgIpc) is 2.58. The summed E-state index contributed by atoms with van der Waals surface area (Å²) in [5, 5.41) is 1.33. The van der Waals surface area contributed by atoms with Gasteiger partial charge in [-0.05, 0) is 42.5 Å². The van der Waals surface area contributed by atoms with Crippen LogP contribution in [0.15, 0.2) is 22.7 Å². The maximum Gasteiger partial charge on any atom is 0.0505 e. The van der Waals surface area contributed by atoms with E-state index in [2.05, 4.69) is 59.5 Å². The first-order valence-electron chi connectivity index (χ1n) is 6.45. The first kappa shape index (κ1) is 14.9. The summed E-state index contributed by atoms with van der Waals surface area (Å²) in [5.74, 6) is 0. The lowest BCUT2D eigenvalue weighted by Crippen LogP contribution is -2.36. The van der Waals surface area contributed by atoms with Crippen LogP contribution in [0.4, 0.5) is 0 Å². The van der Waals surface area contributed by atoms with Crippen LogP contribution in [0.3, 0.4) is 0 Å². The smallest absolute Gasteiger partial charge is 0.0505 e. The van der Waals surface area contributed by atoms with Crippen molar-refractivity contribution in [1.29, 1.82) is 0 Å². The molecule has 2 aromatic rings. The van der Waals surface area contributed by atoms with Gasteiger partial charge < -0.3 is 10.3 Å². The van der Waals surface area contributed by atoms with Gasteiger partial charge in [0.2, 0.25) is 0 Å². The number of aromatic nitrogens is 1. The highest BCUT2D eigenvalue weighted by Gasteiger charge is 2.35. The SMILES string of the molecule is Cc1c2n(c3ccc(Br)cc13)CCC(C)(C)C2N.Cl. The molecule has 1 aliphatic rings. The van der Waals surface area contributed by atoms with Gasteiger partial charge in [0.15, 0.2) is 0 Å². The normalized spacial score (nSPS) is 21.0. The summed E-state index contributed by atoms with van der Waals surface area (Å²) < 4.78 is 3.54. The van der Waals surface area contributed by atoms with E-state index >= 15 is 0 Å². The molecule has 1 aromatic heterocycles. The molecular formula is C15H20BrClN2. The number of nitrogens with zero attached hydrogens (tertiary/aromatic N) is 1. The fourth-order valence-electron chi connectivity index (χ4n) is 3.08. The third-order valence-corrected chi connectivity index (χ3v) is 4.94. The topological polar surface area (TPSA) is 30.9 Å². The van der Waals surface area contributed by atoms with Gasteiger partial charge in [0.05, 0.1) is 6.04 Å². The van der Waals surface area contributed by atoms with Gasteiger partial charge in [-0.25, -0.2) is 0 Å². The number of nitrogens with two attached hydrogens (primary N) is 1. The van der Waals surface area contributed by atoms with E-state index in [-0.39, 0.29) is 23.9 Å². The van der Waals surface area contributed by atoms with Crippen molar-refractivity contribution in [2.24, 2.45) is 11.1 Å². The molecule has 1 atom stereocenters. The Bertz CT molecular complexity index is 631. The molecule has 4 heteroatoms. The largest absolute Gasteiger partial charge is 0.343 e. The molecule has 0 aliphatic carbocycles. The molecule has 104 valence electrons. The maximum atomic E-state index is 6.49. The lowest BCUT2D eigenvalue weighted by Gasteiger charge is -2.38. The Kier molecular flexibility index (Phi) is 3.76. The summed E-state index contributed by atoms with van der Waals surface area (Å²) in [6.07, 6.45) is 1.14. The second-order valence-electron chi connectivity index (χ2n) is 6.04. The molecule has 2 nitrogen and oxygen atoms in total. The highest BCUT2D eigenvalue weighted by atomic mass is 79.9. The molecule has 19 heavy (non-hydrogen) atoms. The molecule has 0 saturated carbocycles. The molecular weight excluding hydrogens is 324 g/mol. The quantitative estimate of drug-likeness (QED) is 0.746. The van der Waals surface area contributed by atoms with Crippen molar-refractivity contribution in [2.75, 3.05) is 0 Å². The van der Waals surface area contributed by atoms with E-state index in [0.29, 0.717) is 0 Å². The Morgan fingerprint density at radius 3 is 2.74 bits per heavy atom. The highest BCUT2D eigenvalue weighted by molar-refractivity contribution is 9.10. The minimum Gasteiger partial charge on any atom is -0.343 e. The molecule has 2 N–H and O–H groups in total. The van der Waals surface area contributed by atoms with Crippen LogP contribution in [0, 0.1) is 12.3 Å². The minimum absolute atomic E-state index is 0. The van der Waals surface area contributed by atoms with Gasteiger partial charge in [-0.15, -0.1) is 12.4 Å². The Hall–Kier alpha value is -0.510. The van der Waals surface area contributed by atoms with Crippen molar-refractivity contribution < 1.29 is 0 Å². The van der Waals surface area contributed by atoms with Crippen LogP contribution in [0.5, 0.6) is 0 Å². The van der Waals surface area contributed by atoms with Crippen molar-refractivity contribution in [3.8, 4) is 0 Å². The molecule has 0 bridgehead atoms. The molecule has 3 rings (SSSR count). The summed E-state index contributed by atoms with van der Waals surface area (Å²) in [6.45, 7) is 7.81. The van der Waals surface area contributed by atoms with Gasteiger partial charge in [-0.3, -0.25) is 0 Å². The van der Waals surface area contributed by atoms with Crippen molar-refractivity contribution in [1.82, 2.24) is 4.57 Å². The van der Waals surface area contributed by atoms with Gasteiger partial charge in [0.1, 0.15) is 0 Å². The minimum atomic E-state index is 0. The number of rotatable bonds is 0. The van der Waals surface area contributed by atoms with Gasteiger partial charge in [0.25, 0.3) is 0 Å². The summed E-state index contributed by atoms with van der Waals surface area (Å²) >= 11 is 3.56. The monoisotopic (exact) mass is 342 g/mol. The van der Waals surface area contributed by atoms with Gasteiger partial charge >= 0.3 is 0 Å². The Balaban J connectivity index is 0.00000133. The van der Waals surface area contributed by atoms with Crippen LogP contribution in [0.2, 0.25) is 0 Å². The van der Waals surface area contributed by atoms with Crippen molar-refractivity contribution in [3.63, 3.8) is 0 Å². The van der Waals surface area contributed by atoms with Crippen LogP contribution >= 0.6 is 28.3 Å². The first-order chi connectivity index (χ1) is 8.42. The maximum absolute atomic E-state index is 6.49. The zero-order valence-corrected chi connectivity index (χ0v) is 13.9. The van der Waals surface area contributed by atoms with Crippen LogP contribution in [0.1, 0.15) is 37.6 Å². The highest BCUT2D eigenvalue weighted by Crippen LogP contribution is 2.44. The van der Waals surface area contributed by atoms with Crippen LogP contribution in [-0.4, -0.2) is 4.57 Å². The number of fused-ring (bicyclic) bond motifs is 3. The molecule has 1 aromatic carbocycles. The van der Waals surface area contributed by atoms with Crippen molar-refractivity contribution in [2.45, 2.75) is 39.8 Å². The van der Waals surface area contributed by atoms with Gasteiger partial charge in [0, 0.05) is 27.6 Å².